The number of aromatic nitrogens is 1. The van der Waals surface area contributed by atoms with Crippen LogP contribution in [0, 0.1) is 5.82 Å². The van der Waals surface area contributed by atoms with E-state index in [4.69, 9.17) is 0 Å². The number of amides is 2. The molecule has 2 heterocycles. The maximum Gasteiger partial charge on any atom is 0.293 e. The van der Waals surface area contributed by atoms with E-state index in [0.29, 0.717) is 18.0 Å². The van der Waals surface area contributed by atoms with Gasteiger partial charge >= 0.3 is 0 Å². The van der Waals surface area contributed by atoms with Crippen LogP contribution in [0.4, 0.5) is 9.18 Å². The molecule has 0 saturated carbocycles. The molecule has 2 aromatic carbocycles. The average Bonchev–Trinajstić information content (AvgIpc) is 3.20. The van der Waals surface area contributed by atoms with Crippen LogP contribution in [0.25, 0.3) is 17.0 Å². The maximum atomic E-state index is 13.6. The van der Waals surface area contributed by atoms with Crippen molar-refractivity contribution in [2.45, 2.75) is 32.7 Å². The highest BCUT2D eigenvalue weighted by molar-refractivity contribution is 8.18. The second-order valence-electron chi connectivity index (χ2n) is 7.40. The quantitative estimate of drug-likeness (QED) is 0.344. The molecule has 0 spiro atoms. The molecular formula is C24H23FN2O2S. The normalized spacial score (nSPS) is 15.7. The van der Waals surface area contributed by atoms with E-state index in [1.807, 2.05) is 41.1 Å². The number of hydrogen-bond acceptors (Lipinski definition) is 3. The van der Waals surface area contributed by atoms with Crippen LogP contribution >= 0.6 is 11.8 Å². The van der Waals surface area contributed by atoms with Gasteiger partial charge in [0.2, 0.25) is 0 Å². The van der Waals surface area contributed by atoms with Gasteiger partial charge in [-0.05, 0) is 48.0 Å². The van der Waals surface area contributed by atoms with Crippen molar-refractivity contribution in [2.75, 3.05) is 6.54 Å². The van der Waals surface area contributed by atoms with Gasteiger partial charge in [0.1, 0.15) is 5.82 Å². The van der Waals surface area contributed by atoms with Gasteiger partial charge < -0.3 is 4.57 Å². The molecule has 1 aliphatic rings. The van der Waals surface area contributed by atoms with Gasteiger partial charge in [0, 0.05) is 35.8 Å². The van der Waals surface area contributed by atoms with Gasteiger partial charge in [-0.25, -0.2) is 4.39 Å². The number of rotatable bonds is 7. The van der Waals surface area contributed by atoms with E-state index in [9.17, 15) is 14.0 Å². The predicted molar refractivity (Wildman–Crippen MR) is 120 cm³/mol. The number of carbonyl (C=O) groups excluding carboxylic acids is 2. The zero-order valence-corrected chi connectivity index (χ0v) is 17.6. The van der Waals surface area contributed by atoms with Crippen LogP contribution in [0.5, 0.6) is 0 Å². The number of hydrogen-bond donors (Lipinski definition) is 0. The summed E-state index contributed by atoms with van der Waals surface area (Å²) in [7, 11) is 0. The number of unbranched alkanes of at least 4 members (excludes halogenated alkanes) is 2. The monoisotopic (exact) mass is 422 g/mol. The average molecular weight is 423 g/mol. The number of nitrogens with zero attached hydrogens (tertiary/aromatic N) is 2. The molecule has 0 N–H and O–H groups in total. The molecule has 4 rings (SSSR count). The molecule has 30 heavy (non-hydrogen) atoms. The number of carbonyl (C=O) groups is 2. The van der Waals surface area contributed by atoms with Crippen molar-refractivity contribution >= 4 is 39.9 Å². The van der Waals surface area contributed by atoms with Crippen LogP contribution in [0.2, 0.25) is 0 Å². The standard InChI is InChI=1S/C24H23FN2O2S/c1-2-3-6-12-27-23(28)22(30-24(27)29)14-18-16-26(21-11-5-4-10-20(18)21)15-17-8-7-9-19(25)13-17/h4-5,7-11,13-14,16H,2-3,6,12,15H2,1H3/b22-14-. The lowest BCUT2D eigenvalue weighted by molar-refractivity contribution is -0.122. The van der Waals surface area contributed by atoms with Crippen LogP contribution in [-0.4, -0.2) is 27.2 Å². The van der Waals surface area contributed by atoms with E-state index in [0.717, 1.165) is 53.1 Å². The third-order valence-electron chi connectivity index (χ3n) is 5.21. The van der Waals surface area contributed by atoms with Gasteiger partial charge in [0.15, 0.2) is 0 Å². The van der Waals surface area contributed by atoms with Crippen molar-refractivity contribution in [3.05, 3.63) is 76.6 Å². The third kappa shape index (κ3) is 4.19. The number of thioether (sulfide) groups is 1. The Labute approximate surface area is 179 Å². The zero-order chi connectivity index (χ0) is 21.1. The van der Waals surface area contributed by atoms with Crippen LogP contribution in [0.15, 0.2) is 59.6 Å². The van der Waals surface area contributed by atoms with E-state index < -0.39 is 0 Å². The summed E-state index contributed by atoms with van der Waals surface area (Å²) in [5.41, 5.74) is 2.73. The fraction of sp³-hybridized carbons (Fsp3) is 0.250. The molecule has 3 aromatic rings. The van der Waals surface area contributed by atoms with Crippen molar-refractivity contribution in [1.82, 2.24) is 9.47 Å². The Bertz CT molecular complexity index is 1140. The second kappa shape index (κ2) is 8.88. The smallest absolute Gasteiger partial charge is 0.293 e. The first-order valence-electron chi connectivity index (χ1n) is 10.1. The first-order valence-corrected chi connectivity index (χ1v) is 11.0. The highest BCUT2D eigenvalue weighted by Crippen LogP contribution is 2.34. The molecule has 2 amide bonds. The summed E-state index contributed by atoms with van der Waals surface area (Å²) >= 11 is 0.998. The SMILES string of the molecule is CCCCCN1C(=O)S/C(=C\c2cn(Cc3cccc(F)c3)c3ccccc23)C1=O. The number of halogens is 1. The molecule has 4 nitrogen and oxygen atoms in total. The first kappa shape index (κ1) is 20.4. The second-order valence-corrected chi connectivity index (χ2v) is 8.39. The summed E-state index contributed by atoms with van der Waals surface area (Å²) in [5.74, 6) is -0.482. The van der Waals surface area contributed by atoms with Crippen LogP contribution in [-0.2, 0) is 11.3 Å². The van der Waals surface area contributed by atoms with E-state index >= 15 is 0 Å². The predicted octanol–water partition coefficient (Wildman–Crippen LogP) is 6.06. The summed E-state index contributed by atoms with van der Waals surface area (Å²) in [4.78, 5) is 26.9. The molecule has 0 unspecified atom stereocenters. The summed E-state index contributed by atoms with van der Waals surface area (Å²) in [6.45, 7) is 3.08. The van der Waals surface area contributed by atoms with Gasteiger partial charge in [-0.1, -0.05) is 50.1 Å². The minimum Gasteiger partial charge on any atom is -0.342 e. The Morgan fingerprint density at radius 2 is 1.90 bits per heavy atom. The molecule has 0 bridgehead atoms. The van der Waals surface area contributed by atoms with Gasteiger partial charge in [0.25, 0.3) is 11.1 Å². The minimum absolute atomic E-state index is 0.203. The Balaban J connectivity index is 1.65. The Morgan fingerprint density at radius 1 is 1.07 bits per heavy atom. The Morgan fingerprint density at radius 3 is 2.70 bits per heavy atom. The van der Waals surface area contributed by atoms with Crippen LogP contribution in [0.1, 0.15) is 37.3 Å². The lowest BCUT2D eigenvalue weighted by atomic mass is 10.1. The fourth-order valence-corrected chi connectivity index (χ4v) is 4.56. The molecule has 0 aliphatic carbocycles. The summed E-state index contributed by atoms with van der Waals surface area (Å²) in [6, 6.07) is 14.4. The Hall–Kier alpha value is -2.86. The zero-order valence-electron chi connectivity index (χ0n) is 16.8. The van der Waals surface area contributed by atoms with Crippen molar-refractivity contribution in [2.24, 2.45) is 0 Å². The van der Waals surface area contributed by atoms with Crippen molar-refractivity contribution in [3.63, 3.8) is 0 Å². The van der Waals surface area contributed by atoms with Gasteiger partial charge in [-0.2, -0.15) is 0 Å². The van der Waals surface area contributed by atoms with Crippen molar-refractivity contribution < 1.29 is 14.0 Å². The number of fused-ring (bicyclic) bond motifs is 1. The van der Waals surface area contributed by atoms with Crippen molar-refractivity contribution in [1.29, 1.82) is 0 Å². The molecule has 6 heteroatoms. The lowest BCUT2D eigenvalue weighted by Gasteiger charge is -2.11. The number of imide groups is 1. The topological polar surface area (TPSA) is 42.3 Å². The first-order chi connectivity index (χ1) is 14.6. The van der Waals surface area contributed by atoms with E-state index in [1.165, 1.54) is 17.0 Å². The highest BCUT2D eigenvalue weighted by atomic mass is 32.2. The molecule has 0 radical (unpaired) electrons. The summed E-state index contributed by atoms with van der Waals surface area (Å²) in [5, 5.41) is 0.789. The number of benzene rings is 2. The third-order valence-corrected chi connectivity index (χ3v) is 6.11. The molecule has 0 atom stereocenters. The molecule has 1 aromatic heterocycles. The lowest BCUT2D eigenvalue weighted by Crippen LogP contribution is -2.29. The van der Waals surface area contributed by atoms with Gasteiger partial charge in [-0.15, -0.1) is 0 Å². The highest BCUT2D eigenvalue weighted by Gasteiger charge is 2.34. The molecular weight excluding hydrogens is 399 g/mol. The van der Waals surface area contributed by atoms with Crippen LogP contribution in [0.3, 0.4) is 0 Å². The molecule has 1 aliphatic heterocycles. The van der Waals surface area contributed by atoms with Crippen molar-refractivity contribution in [3.8, 4) is 0 Å². The van der Waals surface area contributed by atoms with E-state index in [2.05, 4.69) is 6.92 Å². The summed E-state index contributed by atoms with van der Waals surface area (Å²) in [6.07, 6.45) is 6.62. The van der Waals surface area contributed by atoms with E-state index in [-0.39, 0.29) is 17.0 Å². The molecule has 1 saturated heterocycles. The molecule has 1 fully saturated rings. The minimum atomic E-state index is -0.263. The van der Waals surface area contributed by atoms with Gasteiger partial charge in [0.05, 0.1) is 4.91 Å². The summed E-state index contributed by atoms with van der Waals surface area (Å²) < 4.78 is 15.6. The van der Waals surface area contributed by atoms with Crippen LogP contribution < -0.4 is 0 Å². The Kier molecular flexibility index (Phi) is 6.04. The fourth-order valence-electron chi connectivity index (χ4n) is 3.71. The van der Waals surface area contributed by atoms with E-state index in [1.54, 1.807) is 12.1 Å². The van der Waals surface area contributed by atoms with Gasteiger partial charge in [-0.3, -0.25) is 14.5 Å². The molecule has 154 valence electrons. The maximum absolute atomic E-state index is 13.6. The largest absolute Gasteiger partial charge is 0.342 e. The number of para-hydroxylation sites is 1.